The van der Waals surface area contributed by atoms with Crippen molar-refractivity contribution in [3.05, 3.63) is 23.0 Å². The molecule has 1 aromatic rings. The summed E-state index contributed by atoms with van der Waals surface area (Å²) in [5, 5.41) is 0.0170. The minimum atomic E-state index is -2.68. The molecule has 0 N–H and O–H groups in total. The molecule has 0 unspecified atom stereocenters. The fourth-order valence-electron chi connectivity index (χ4n) is 1.56. The highest BCUT2D eigenvalue weighted by Crippen LogP contribution is 2.35. The molecule has 0 atom stereocenters. The van der Waals surface area contributed by atoms with E-state index in [0.29, 0.717) is 5.69 Å². The lowest BCUT2D eigenvalue weighted by Gasteiger charge is -2.40. The van der Waals surface area contributed by atoms with Crippen LogP contribution in [0.15, 0.2) is 12.1 Å². The van der Waals surface area contributed by atoms with Crippen LogP contribution in [0, 0.1) is 0 Å². The number of pyridine rings is 1. The van der Waals surface area contributed by atoms with Crippen LogP contribution in [0.1, 0.15) is 10.5 Å². The molecule has 2 heterocycles. The lowest BCUT2D eigenvalue weighted by atomic mass is 10.1. The van der Waals surface area contributed by atoms with Gasteiger partial charge in [-0.05, 0) is 12.1 Å². The summed E-state index contributed by atoms with van der Waals surface area (Å²) in [7, 11) is 1.22. The van der Waals surface area contributed by atoms with Crippen molar-refractivity contribution < 1.29 is 18.3 Å². The van der Waals surface area contributed by atoms with Gasteiger partial charge in [-0.1, -0.05) is 11.6 Å². The highest BCUT2D eigenvalue weighted by atomic mass is 35.5. The maximum absolute atomic E-state index is 12.7. The molecule has 7 heteroatoms. The summed E-state index contributed by atoms with van der Waals surface area (Å²) in [6.07, 6.45) is 0. The number of halogens is 3. The van der Waals surface area contributed by atoms with Crippen molar-refractivity contribution >= 4 is 23.3 Å². The first-order valence-electron chi connectivity index (χ1n) is 4.80. The van der Waals surface area contributed by atoms with Crippen LogP contribution in [0.2, 0.25) is 5.15 Å². The molecule has 0 aromatic carbocycles. The maximum Gasteiger partial charge on any atom is 0.356 e. The first-order valence-corrected chi connectivity index (χ1v) is 5.18. The second-order valence-electron chi connectivity index (χ2n) is 3.71. The Hall–Kier alpha value is -1.43. The third-order valence-electron chi connectivity index (χ3n) is 2.41. The van der Waals surface area contributed by atoms with E-state index in [4.69, 9.17) is 11.6 Å². The van der Waals surface area contributed by atoms with Gasteiger partial charge in [0.25, 0.3) is 5.92 Å². The molecule has 0 spiro atoms. The molecular formula is C10H9ClF2N2O2. The van der Waals surface area contributed by atoms with E-state index < -0.39 is 11.9 Å². The molecule has 0 radical (unpaired) electrons. The lowest BCUT2D eigenvalue weighted by molar-refractivity contribution is -0.0262. The van der Waals surface area contributed by atoms with E-state index in [-0.39, 0.29) is 23.9 Å². The van der Waals surface area contributed by atoms with Gasteiger partial charge in [0.2, 0.25) is 0 Å². The Bertz CT molecular complexity index is 460. The molecule has 92 valence electrons. The van der Waals surface area contributed by atoms with Gasteiger partial charge in [0.05, 0.1) is 25.9 Å². The van der Waals surface area contributed by atoms with Crippen molar-refractivity contribution in [1.82, 2.24) is 4.98 Å². The number of alkyl halides is 2. The number of aromatic nitrogens is 1. The number of rotatable bonds is 2. The van der Waals surface area contributed by atoms with Gasteiger partial charge in [-0.3, -0.25) is 0 Å². The van der Waals surface area contributed by atoms with Crippen molar-refractivity contribution in [2.45, 2.75) is 5.92 Å². The number of carbonyl (C=O) groups excluding carboxylic acids is 1. The molecule has 4 nitrogen and oxygen atoms in total. The van der Waals surface area contributed by atoms with Crippen LogP contribution in [0.4, 0.5) is 14.5 Å². The Morgan fingerprint density at radius 1 is 1.53 bits per heavy atom. The van der Waals surface area contributed by atoms with Gasteiger partial charge < -0.3 is 9.64 Å². The average Bonchev–Trinajstić information content (AvgIpc) is 2.24. The van der Waals surface area contributed by atoms with Crippen LogP contribution in [0.25, 0.3) is 0 Å². The molecule has 0 aliphatic carbocycles. The zero-order valence-electron chi connectivity index (χ0n) is 8.91. The second-order valence-corrected chi connectivity index (χ2v) is 4.07. The highest BCUT2D eigenvalue weighted by Gasteiger charge is 2.44. The molecule has 1 aliphatic heterocycles. The van der Waals surface area contributed by atoms with Crippen molar-refractivity contribution in [2.75, 3.05) is 25.1 Å². The van der Waals surface area contributed by atoms with Crippen LogP contribution in [-0.2, 0) is 4.74 Å². The smallest absolute Gasteiger partial charge is 0.356 e. The van der Waals surface area contributed by atoms with E-state index in [2.05, 4.69) is 9.72 Å². The number of methoxy groups -OCH3 is 1. The van der Waals surface area contributed by atoms with Gasteiger partial charge in [-0.15, -0.1) is 0 Å². The van der Waals surface area contributed by atoms with Crippen molar-refractivity contribution in [1.29, 1.82) is 0 Å². The number of nitrogens with zero attached hydrogens (tertiary/aromatic N) is 2. The Morgan fingerprint density at radius 3 is 2.65 bits per heavy atom. The highest BCUT2D eigenvalue weighted by molar-refractivity contribution is 6.32. The summed E-state index contributed by atoms with van der Waals surface area (Å²) in [5.74, 6) is -3.29. The van der Waals surface area contributed by atoms with E-state index >= 15 is 0 Å². The van der Waals surface area contributed by atoms with E-state index in [0.717, 1.165) is 0 Å². The first-order chi connectivity index (χ1) is 7.93. The number of anilines is 1. The third-order valence-corrected chi connectivity index (χ3v) is 2.69. The molecule has 2 rings (SSSR count). The fourth-order valence-corrected chi connectivity index (χ4v) is 1.84. The average molecular weight is 263 g/mol. The van der Waals surface area contributed by atoms with E-state index in [1.165, 1.54) is 24.1 Å². The predicted octanol–water partition coefficient (Wildman–Crippen LogP) is 1.98. The van der Waals surface area contributed by atoms with E-state index in [9.17, 15) is 13.6 Å². The Labute approximate surface area is 101 Å². The number of esters is 1. The molecule has 1 aliphatic rings. The molecule has 1 saturated heterocycles. The molecule has 17 heavy (non-hydrogen) atoms. The lowest BCUT2D eigenvalue weighted by Crippen LogP contribution is -2.56. The van der Waals surface area contributed by atoms with Crippen molar-refractivity contribution in [3.8, 4) is 0 Å². The van der Waals surface area contributed by atoms with Crippen molar-refractivity contribution in [3.63, 3.8) is 0 Å². The van der Waals surface area contributed by atoms with Crippen LogP contribution >= 0.6 is 11.6 Å². The normalized spacial score (nSPS) is 17.5. The van der Waals surface area contributed by atoms with E-state index in [1.807, 2.05) is 0 Å². The molecule has 0 bridgehead atoms. The zero-order valence-corrected chi connectivity index (χ0v) is 9.67. The van der Waals surface area contributed by atoms with Gasteiger partial charge in [-0.2, -0.15) is 0 Å². The van der Waals surface area contributed by atoms with Crippen molar-refractivity contribution in [2.24, 2.45) is 0 Å². The van der Waals surface area contributed by atoms with E-state index in [1.54, 1.807) is 0 Å². The first kappa shape index (κ1) is 12.0. The minimum Gasteiger partial charge on any atom is -0.464 e. The quantitative estimate of drug-likeness (QED) is 0.604. The van der Waals surface area contributed by atoms with Gasteiger partial charge >= 0.3 is 5.97 Å². The summed E-state index contributed by atoms with van der Waals surface area (Å²) in [6.45, 7) is -0.766. The molecule has 1 fully saturated rings. The topological polar surface area (TPSA) is 42.4 Å². The Kier molecular flexibility index (Phi) is 2.91. The number of hydrogen-bond acceptors (Lipinski definition) is 4. The Balaban J connectivity index is 2.19. The summed E-state index contributed by atoms with van der Waals surface area (Å²) in [6, 6.07) is 2.88. The summed E-state index contributed by atoms with van der Waals surface area (Å²) in [5.41, 5.74) is 0.443. The number of hydrogen-bond donors (Lipinski definition) is 0. The summed E-state index contributed by atoms with van der Waals surface area (Å²) in [4.78, 5) is 16.4. The van der Waals surface area contributed by atoms with Crippen LogP contribution in [0.3, 0.4) is 0 Å². The molecule has 1 aromatic heterocycles. The fraction of sp³-hybridized carbons (Fsp3) is 0.400. The van der Waals surface area contributed by atoms with Gasteiger partial charge in [0.15, 0.2) is 5.15 Å². The molecular weight excluding hydrogens is 254 g/mol. The number of ether oxygens (including phenoxy) is 1. The number of carbonyl (C=O) groups is 1. The van der Waals surface area contributed by atoms with Gasteiger partial charge in [0.1, 0.15) is 5.69 Å². The van der Waals surface area contributed by atoms with Gasteiger partial charge in [0, 0.05) is 0 Å². The second kappa shape index (κ2) is 4.10. The maximum atomic E-state index is 12.7. The largest absolute Gasteiger partial charge is 0.464 e. The standard InChI is InChI=1S/C10H9ClF2N2O2/c1-17-9(16)6-2-3-7(8(11)14-6)15-4-10(12,13)5-15/h2-3H,4-5H2,1H3. The summed E-state index contributed by atoms with van der Waals surface area (Å²) >= 11 is 5.83. The predicted molar refractivity (Wildman–Crippen MR) is 57.7 cm³/mol. The molecule has 0 amide bonds. The minimum absolute atomic E-state index is 0.0170. The summed E-state index contributed by atoms with van der Waals surface area (Å²) < 4.78 is 29.8. The Morgan fingerprint density at radius 2 is 2.18 bits per heavy atom. The van der Waals surface area contributed by atoms with Crippen LogP contribution in [0.5, 0.6) is 0 Å². The van der Waals surface area contributed by atoms with Crippen LogP contribution in [-0.4, -0.2) is 37.1 Å². The zero-order chi connectivity index (χ0) is 12.6. The SMILES string of the molecule is COC(=O)c1ccc(N2CC(F)(F)C2)c(Cl)n1. The monoisotopic (exact) mass is 262 g/mol. The molecule has 0 saturated carbocycles. The third kappa shape index (κ3) is 2.31. The van der Waals surface area contributed by atoms with Crippen LogP contribution < -0.4 is 4.90 Å². The van der Waals surface area contributed by atoms with Gasteiger partial charge in [-0.25, -0.2) is 18.6 Å².